The third kappa shape index (κ3) is 5.65. The molecule has 0 radical (unpaired) electrons. The monoisotopic (exact) mass is 507 g/mol. The maximum Gasteiger partial charge on any atom is 1.00 e. The minimum absolute atomic E-state index is 0. The molecule has 4 rings (SSSR count). The number of nitrogens with one attached hydrogen (secondary N) is 1. The second-order valence-corrected chi connectivity index (χ2v) is 9.06. The van der Waals surface area contributed by atoms with E-state index in [1.54, 1.807) is 6.92 Å². The average molecular weight is 507 g/mol. The summed E-state index contributed by atoms with van der Waals surface area (Å²) < 4.78 is 33.1. The first-order valence-electron chi connectivity index (χ1n) is 10.5. The van der Waals surface area contributed by atoms with Gasteiger partial charge in [0.2, 0.25) is 11.9 Å². The van der Waals surface area contributed by atoms with Crippen LogP contribution < -0.4 is 39.8 Å². The van der Waals surface area contributed by atoms with Crippen LogP contribution in [0.5, 0.6) is 0 Å². The predicted octanol–water partition coefficient (Wildman–Crippen LogP) is -3.77. The van der Waals surface area contributed by atoms with E-state index in [2.05, 4.69) is 20.3 Å². The number of ether oxygens (including phenoxy) is 2. The normalized spacial score (nSPS) is 33.9. The van der Waals surface area contributed by atoms with Gasteiger partial charge in [-0.2, -0.15) is 9.98 Å². The molecule has 4 aliphatic heterocycles. The number of fused-ring (bicyclic) bond motifs is 2. The molecule has 2 fully saturated rings. The summed E-state index contributed by atoms with van der Waals surface area (Å²) in [5, 5.41) is 2.47. The molecule has 0 aliphatic carbocycles. The van der Waals surface area contributed by atoms with E-state index in [1.807, 2.05) is 6.92 Å². The van der Waals surface area contributed by atoms with Gasteiger partial charge in [-0.3, -0.25) is 34.2 Å². The van der Waals surface area contributed by atoms with E-state index in [4.69, 9.17) is 18.5 Å². The van der Waals surface area contributed by atoms with E-state index in [1.165, 1.54) is 11.2 Å². The molecule has 0 aromatic heterocycles. The molecule has 0 saturated carbocycles. The largest absolute Gasteiger partial charge is 1.00 e. The summed E-state index contributed by atoms with van der Waals surface area (Å²) in [4.78, 5) is 62.0. The first-order valence-corrected chi connectivity index (χ1v) is 12.0. The molecule has 180 valence electrons. The van der Waals surface area contributed by atoms with Crippen molar-refractivity contribution < 1.29 is 71.9 Å². The molecule has 0 spiro atoms. The Kier molecular flexibility index (Phi) is 8.80. The quantitative estimate of drug-likeness (QED) is 0.213. The number of rotatable bonds is 6. The van der Waals surface area contributed by atoms with Crippen LogP contribution in [0.15, 0.2) is 15.0 Å². The molecule has 2 saturated heterocycles. The minimum Gasteiger partial charge on any atom is -0.756 e. The van der Waals surface area contributed by atoms with Gasteiger partial charge in [0.05, 0.1) is 12.9 Å². The van der Waals surface area contributed by atoms with Crippen molar-refractivity contribution in [2.75, 3.05) is 6.61 Å². The topological polar surface area (TPSA) is 181 Å². The maximum atomic E-state index is 12.5. The molecule has 16 heteroatoms. The first-order chi connectivity index (χ1) is 15.7. The fourth-order valence-electron chi connectivity index (χ4n) is 3.74. The SMILES string of the molecule is CCCC(=O)NC1=NC(=O)C2N=CN(C3OC4COP(=O)([O-])OC4C3OC(=O)CCC)C2=N1.[Na+]. The van der Waals surface area contributed by atoms with Crippen LogP contribution >= 0.6 is 7.82 Å². The van der Waals surface area contributed by atoms with Crippen LogP contribution in [0.4, 0.5) is 0 Å². The predicted molar refractivity (Wildman–Crippen MR) is 109 cm³/mol. The zero-order chi connectivity index (χ0) is 23.8. The first kappa shape index (κ1) is 27.1. The van der Waals surface area contributed by atoms with Crippen LogP contribution in [0.2, 0.25) is 0 Å². The van der Waals surface area contributed by atoms with Crippen molar-refractivity contribution in [3.63, 3.8) is 0 Å². The fraction of sp³-hybridized carbons (Fsp3) is 0.667. The molecule has 34 heavy (non-hydrogen) atoms. The van der Waals surface area contributed by atoms with Crippen molar-refractivity contribution in [2.45, 2.75) is 70.1 Å². The van der Waals surface area contributed by atoms with Crippen molar-refractivity contribution >= 4 is 43.7 Å². The Labute approximate surface area is 217 Å². The molecular formula is C18H23N5NaO9P. The number of guanidine groups is 1. The fourth-order valence-corrected chi connectivity index (χ4v) is 4.69. The van der Waals surface area contributed by atoms with E-state index in [0.717, 1.165) is 0 Å². The van der Waals surface area contributed by atoms with Gasteiger partial charge in [-0.1, -0.05) is 13.8 Å². The van der Waals surface area contributed by atoms with Gasteiger partial charge < -0.3 is 23.4 Å². The Morgan fingerprint density at radius 1 is 1.29 bits per heavy atom. The van der Waals surface area contributed by atoms with Crippen LogP contribution in [0.3, 0.4) is 0 Å². The second kappa shape index (κ2) is 11.0. The zero-order valence-electron chi connectivity index (χ0n) is 18.9. The second-order valence-electron chi connectivity index (χ2n) is 7.70. The van der Waals surface area contributed by atoms with Gasteiger partial charge in [0, 0.05) is 12.8 Å². The summed E-state index contributed by atoms with van der Waals surface area (Å²) in [5.41, 5.74) is 0. The Morgan fingerprint density at radius 2 is 2.03 bits per heavy atom. The van der Waals surface area contributed by atoms with Crippen molar-refractivity contribution in [1.82, 2.24) is 10.2 Å². The number of hydrogen-bond acceptors (Lipinski definition) is 12. The molecule has 2 amide bonds. The molecule has 6 unspecified atom stereocenters. The van der Waals surface area contributed by atoms with Gasteiger partial charge in [0.1, 0.15) is 12.2 Å². The van der Waals surface area contributed by atoms with E-state index in [-0.39, 0.29) is 66.7 Å². The van der Waals surface area contributed by atoms with Crippen LogP contribution in [0.1, 0.15) is 39.5 Å². The van der Waals surface area contributed by atoms with E-state index >= 15 is 0 Å². The van der Waals surface area contributed by atoms with Gasteiger partial charge in [0.25, 0.3) is 13.7 Å². The number of phosphoric ester groups is 1. The van der Waals surface area contributed by atoms with Gasteiger partial charge in [-0.15, -0.1) is 0 Å². The summed E-state index contributed by atoms with van der Waals surface area (Å²) in [6.07, 6.45) is -1.60. The molecule has 0 bridgehead atoms. The minimum atomic E-state index is -4.61. The Morgan fingerprint density at radius 3 is 2.74 bits per heavy atom. The Bertz CT molecular complexity index is 989. The maximum absolute atomic E-state index is 12.5. The van der Waals surface area contributed by atoms with Gasteiger partial charge >= 0.3 is 35.5 Å². The van der Waals surface area contributed by atoms with E-state index in [0.29, 0.717) is 12.8 Å². The smallest absolute Gasteiger partial charge is 0.756 e. The van der Waals surface area contributed by atoms with Crippen LogP contribution in [0.25, 0.3) is 0 Å². The van der Waals surface area contributed by atoms with Crippen molar-refractivity contribution in [3.8, 4) is 0 Å². The van der Waals surface area contributed by atoms with Crippen molar-refractivity contribution in [2.24, 2.45) is 15.0 Å². The summed E-state index contributed by atoms with van der Waals surface area (Å²) >= 11 is 0. The van der Waals surface area contributed by atoms with Crippen LogP contribution in [0, 0.1) is 0 Å². The number of phosphoric acid groups is 1. The molecular weight excluding hydrogens is 484 g/mol. The number of hydrogen-bond donors (Lipinski definition) is 1. The van der Waals surface area contributed by atoms with E-state index < -0.39 is 50.3 Å². The summed E-state index contributed by atoms with van der Waals surface area (Å²) in [5.74, 6) is -1.68. The van der Waals surface area contributed by atoms with E-state index in [9.17, 15) is 23.8 Å². The number of carbonyl (C=O) groups is 3. The molecule has 6 atom stereocenters. The van der Waals surface area contributed by atoms with Gasteiger partial charge in [0.15, 0.2) is 24.2 Å². The third-order valence-corrected chi connectivity index (χ3v) is 6.14. The number of amidine groups is 1. The van der Waals surface area contributed by atoms with Crippen LogP contribution in [-0.4, -0.2) is 78.0 Å². The van der Waals surface area contributed by atoms with Gasteiger partial charge in [-0.05, 0) is 12.8 Å². The number of nitrogens with zero attached hydrogens (tertiary/aromatic N) is 4. The Balaban J connectivity index is 0.00000324. The summed E-state index contributed by atoms with van der Waals surface area (Å²) in [7, 11) is -4.61. The summed E-state index contributed by atoms with van der Waals surface area (Å²) in [6.45, 7) is 3.28. The van der Waals surface area contributed by atoms with Crippen molar-refractivity contribution in [1.29, 1.82) is 0 Å². The zero-order valence-corrected chi connectivity index (χ0v) is 21.8. The van der Waals surface area contributed by atoms with Crippen molar-refractivity contribution in [3.05, 3.63) is 0 Å². The number of esters is 1. The molecule has 4 aliphatic rings. The Hall–Kier alpha value is -1.51. The van der Waals surface area contributed by atoms with Crippen LogP contribution in [-0.2, 0) is 37.5 Å². The molecule has 4 heterocycles. The van der Waals surface area contributed by atoms with Gasteiger partial charge in [-0.25, -0.2) is 0 Å². The molecule has 14 nitrogen and oxygen atoms in total. The molecule has 0 aromatic rings. The summed E-state index contributed by atoms with van der Waals surface area (Å²) in [6, 6.07) is -1.07. The number of aliphatic imine (C=N–C) groups is 3. The number of amides is 2. The standard InChI is InChI=1S/C18H24N5O9P.Na/c1-3-5-10(24)20-18-21-15-12(16(26)22-18)19-8-23(15)17-14(31-11(25)6-4-2)13-9(30-17)7-29-33(27,28)32-13;/h8-9,12-14,17H,3-7H2,1-2H3,(H,27,28)(H,20,22,24,26);/q;+1/p-1. The number of carbonyl (C=O) groups excluding carboxylic acids is 3. The molecule has 0 aromatic carbocycles. The average Bonchev–Trinajstić information content (AvgIpc) is 3.29. The third-order valence-electron chi connectivity index (χ3n) is 5.18. The molecule has 1 N–H and O–H groups in total.